The Balaban J connectivity index is 2.28. The maximum atomic E-state index is 10.9. The number of hydrogen-bond acceptors (Lipinski definition) is 2. The molecule has 0 amide bonds. The van der Waals surface area contributed by atoms with Crippen molar-refractivity contribution in [1.29, 1.82) is 0 Å². The molecular formula is C11H20O3. The molecule has 0 atom stereocenters. The summed E-state index contributed by atoms with van der Waals surface area (Å²) >= 11 is 0. The van der Waals surface area contributed by atoms with Crippen molar-refractivity contribution >= 4 is 5.97 Å². The van der Waals surface area contributed by atoms with Gasteiger partial charge in [-0.2, -0.15) is 0 Å². The van der Waals surface area contributed by atoms with Crippen molar-refractivity contribution < 1.29 is 14.6 Å². The number of ether oxygens (including phenoxy) is 1. The van der Waals surface area contributed by atoms with E-state index in [4.69, 9.17) is 9.84 Å². The molecular weight excluding hydrogens is 180 g/mol. The summed E-state index contributed by atoms with van der Waals surface area (Å²) in [7, 11) is 0. The molecule has 3 nitrogen and oxygen atoms in total. The Hall–Kier alpha value is -0.570. The van der Waals surface area contributed by atoms with Crippen LogP contribution in [0, 0.1) is 11.3 Å². The highest BCUT2D eigenvalue weighted by Gasteiger charge is 2.28. The van der Waals surface area contributed by atoms with Crippen LogP contribution in [0.25, 0.3) is 0 Å². The lowest BCUT2D eigenvalue weighted by Gasteiger charge is -2.25. The number of aliphatic carboxylic acids is 1. The lowest BCUT2D eigenvalue weighted by atomic mass is 9.83. The van der Waals surface area contributed by atoms with Crippen molar-refractivity contribution in [2.24, 2.45) is 11.3 Å². The second-order valence-electron chi connectivity index (χ2n) is 4.78. The molecule has 1 fully saturated rings. The van der Waals surface area contributed by atoms with Gasteiger partial charge >= 0.3 is 5.97 Å². The van der Waals surface area contributed by atoms with E-state index in [0.29, 0.717) is 5.92 Å². The molecule has 1 aliphatic rings. The van der Waals surface area contributed by atoms with Crippen LogP contribution in [-0.2, 0) is 9.53 Å². The molecule has 1 heterocycles. The Bertz CT molecular complexity index is 193. The highest BCUT2D eigenvalue weighted by molar-refractivity contribution is 5.73. The molecule has 1 rings (SSSR count). The van der Waals surface area contributed by atoms with Crippen molar-refractivity contribution in [3.8, 4) is 0 Å². The van der Waals surface area contributed by atoms with Crippen LogP contribution in [-0.4, -0.2) is 24.3 Å². The molecule has 0 radical (unpaired) electrons. The fraction of sp³-hybridized carbons (Fsp3) is 0.909. The molecule has 1 aliphatic heterocycles. The molecule has 0 aromatic rings. The Kier molecular flexibility index (Phi) is 3.93. The Labute approximate surface area is 85.5 Å². The smallest absolute Gasteiger partial charge is 0.309 e. The summed E-state index contributed by atoms with van der Waals surface area (Å²) in [6.07, 6.45) is 3.97. The van der Waals surface area contributed by atoms with Crippen molar-refractivity contribution in [2.45, 2.75) is 39.5 Å². The van der Waals surface area contributed by atoms with Gasteiger partial charge < -0.3 is 9.84 Å². The van der Waals surface area contributed by atoms with Crippen LogP contribution in [0.1, 0.15) is 39.5 Å². The quantitative estimate of drug-likeness (QED) is 0.757. The molecule has 0 aromatic carbocycles. The topological polar surface area (TPSA) is 46.5 Å². The normalized spacial score (nSPS) is 19.6. The second-order valence-corrected chi connectivity index (χ2v) is 4.78. The van der Waals surface area contributed by atoms with Crippen molar-refractivity contribution in [3.63, 3.8) is 0 Å². The van der Waals surface area contributed by atoms with Gasteiger partial charge in [0, 0.05) is 13.2 Å². The zero-order chi connectivity index (χ0) is 10.6. The fourth-order valence-electron chi connectivity index (χ4n) is 1.71. The SMILES string of the molecule is CC(C)(CCC1CCOCC1)C(=O)O. The van der Waals surface area contributed by atoms with Crippen LogP contribution in [0.15, 0.2) is 0 Å². The third-order valence-corrected chi connectivity index (χ3v) is 3.10. The highest BCUT2D eigenvalue weighted by Crippen LogP contribution is 2.28. The number of carbonyl (C=O) groups is 1. The van der Waals surface area contributed by atoms with Gasteiger partial charge in [0.25, 0.3) is 0 Å². The van der Waals surface area contributed by atoms with Crippen molar-refractivity contribution in [2.75, 3.05) is 13.2 Å². The molecule has 0 spiro atoms. The number of hydrogen-bond donors (Lipinski definition) is 1. The van der Waals surface area contributed by atoms with Gasteiger partial charge in [-0.25, -0.2) is 0 Å². The van der Waals surface area contributed by atoms with E-state index in [1.807, 2.05) is 0 Å². The average molecular weight is 200 g/mol. The van der Waals surface area contributed by atoms with Gasteiger partial charge in [0.2, 0.25) is 0 Å². The molecule has 1 N–H and O–H groups in total. The summed E-state index contributed by atoms with van der Waals surface area (Å²) in [5.41, 5.74) is -0.571. The largest absolute Gasteiger partial charge is 0.481 e. The van der Waals surface area contributed by atoms with E-state index in [1.165, 1.54) is 0 Å². The predicted molar refractivity (Wildman–Crippen MR) is 54.2 cm³/mol. The van der Waals surface area contributed by atoms with E-state index in [2.05, 4.69) is 0 Å². The highest BCUT2D eigenvalue weighted by atomic mass is 16.5. The Morgan fingerprint density at radius 1 is 1.43 bits per heavy atom. The van der Waals surface area contributed by atoms with E-state index in [1.54, 1.807) is 13.8 Å². The minimum absolute atomic E-state index is 0.571. The third kappa shape index (κ3) is 3.29. The lowest BCUT2D eigenvalue weighted by Crippen LogP contribution is -2.25. The predicted octanol–water partition coefficient (Wildman–Crippen LogP) is 2.30. The van der Waals surface area contributed by atoms with Crippen LogP contribution in [0.2, 0.25) is 0 Å². The van der Waals surface area contributed by atoms with Crippen molar-refractivity contribution in [1.82, 2.24) is 0 Å². The first-order valence-electron chi connectivity index (χ1n) is 5.33. The molecule has 1 saturated heterocycles. The van der Waals surface area contributed by atoms with E-state index in [9.17, 15) is 4.79 Å². The van der Waals surface area contributed by atoms with Gasteiger partial charge in [-0.05, 0) is 45.4 Å². The number of carboxylic acid groups (broad SMARTS) is 1. The molecule has 82 valence electrons. The molecule has 0 unspecified atom stereocenters. The van der Waals surface area contributed by atoms with Gasteiger partial charge in [0.05, 0.1) is 5.41 Å². The van der Waals surface area contributed by atoms with Gasteiger partial charge in [0.15, 0.2) is 0 Å². The summed E-state index contributed by atoms with van der Waals surface area (Å²) in [5.74, 6) is -0.0214. The maximum absolute atomic E-state index is 10.9. The maximum Gasteiger partial charge on any atom is 0.309 e. The molecule has 0 bridgehead atoms. The van der Waals surface area contributed by atoms with Crippen LogP contribution < -0.4 is 0 Å². The van der Waals surface area contributed by atoms with Gasteiger partial charge in [-0.1, -0.05) is 0 Å². The van der Waals surface area contributed by atoms with Gasteiger partial charge in [0.1, 0.15) is 0 Å². The monoisotopic (exact) mass is 200 g/mol. The average Bonchev–Trinajstić information content (AvgIpc) is 2.16. The number of rotatable bonds is 4. The van der Waals surface area contributed by atoms with Crippen LogP contribution in [0.4, 0.5) is 0 Å². The lowest BCUT2D eigenvalue weighted by molar-refractivity contribution is -0.147. The van der Waals surface area contributed by atoms with Gasteiger partial charge in [-0.15, -0.1) is 0 Å². The molecule has 0 aliphatic carbocycles. The minimum atomic E-state index is -0.690. The summed E-state index contributed by atoms with van der Waals surface area (Å²) in [6, 6.07) is 0. The van der Waals surface area contributed by atoms with E-state index in [0.717, 1.165) is 38.9 Å². The van der Waals surface area contributed by atoms with Crippen LogP contribution in [0.3, 0.4) is 0 Å². The minimum Gasteiger partial charge on any atom is -0.481 e. The third-order valence-electron chi connectivity index (χ3n) is 3.10. The first kappa shape index (κ1) is 11.5. The van der Waals surface area contributed by atoms with Crippen LogP contribution in [0.5, 0.6) is 0 Å². The van der Waals surface area contributed by atoms with Gasteiger partial charge in [-0.3, -0.25) is 4.79 Å². The Morgan fingerprint density at radius 2 is 2.00 bits per heavy atom. The number of carboxylic acids is 1. The van der Waals surface area contributed by atoms with Crippen molar-refractivity contribution in [3.05, 3.63) is 0 Å². The standard InChI is InChI=1S/C11H20O3/c1-11(2,10(12)13)6-3-9-4-7-14-8-5-9/h9H,3-8H2,1-2H3,(H,12,13). The fourth-order valence-corrected chi connectivity index (χ4v) is 1.71. The molecule has 0 aromatic heterocycles. The molecule has 3 heteroatoms. The summed E-state index contributed by atoms with van der Waals surface area (Å²) in [5, 5.41) is 8.95. The van der Waals surface area contributed by atoms with E-state index < -0.39 is 11.4 Å². The van der Waals surface area contributed by atoms with Crippen LogP contribution >= 0.6 is 0 Å². The molecule has 0 saturated carbocycles. The summed E-state index contributed by atoms with van der Waals surface area (Å²) in [6.45, 7) is 5.29. The first-order valence-corrected chi connectivity index (χ1v) is 5.33. The Morgan fingerprint density at radius 3 is 2.50 bits per heavy atom. The molecule has 14 heavy (non-hydrogen) atoms. The zero-order valence-electron chi connectivity index (χ0n) is 9.08. The summed E-state index contributed by atoms with van der Waals surface area (Å²) in [4.78, 5) is 10.9. The van der Waals surface area contributed by atoms with E-state index in [-0.39, 0.29) is 0 Å². The van der Waals surface area contributed by atoms with E-state index >= 15 is 0 Å². The first-order chi connectivity index (χ1) is 6.52. The zero-order valence-corrected chi connectivity index (χ0v) is 9.08. The second kappa shape index (κ2) is 4.78. The summed E-state index contributed by atoms with van der Waals surface area (Å²) < 4.78 is 5.26.